The van der Waals surface area contributed by atoms with Crippen molar-refractivity contribution in [1.29, 1.82) is 0 Å². The number of benzene rings is 8. The van der Waals surface area contributed by atoms with Crippen molar-refractivity contribution in [2.45, 2.75) is 12.8 Å². The molecule has 0 heterocycles. The molecule has 1 aliphatic carbocycles. The first kappa shape index (κ1) is 33.0. The zero-order valence-corrected chi connectivity index (χ0v) is 30.1. The summed E-state index contributed by atoms with van der Waals surface area (Å²) in [7, 11) is 0. The lowest BCUT2D eigenvalue weighted by atomic mass is 9.94. The average molecular weight is 693 g/mol. The van der Waals surface area contributed by atoms with Crippen molar-refractivity contribution in [3.63, 3.8) is 0 Å². The maximum Gasteiger partial charge on any atom is 0.0536 e. The second-order valence-corrected chi connectivity index (χ2v) is 13.7. The molecule has 258 valence electrons. The molecule has 0 amide bonds. The Morgan fingerprint density at radius 2 is 0.722 bits per heavy atom. The minimum Gasteiger partial charge on any atom is -0.311 e. The molecular weight excluding hydrogens is 653 g/mol. The van der Waals surface area contributed by atoms with Gasteiger partial charge in [-0.3, -0.25) is 0 Å². The molecule has 0 spiro atoms. The van der Waals surface area contributed by atoms with Gasteiger partial charge in [-0.15, -0.1) is 0 Å². The molecular formula is C52H40N2. The quantitative estimate of drug-likeness (QED) is 0.149. The fourth-order valence-electron chi connectivity index (χ4n) is 7.59. The smallest absolute Gasteiger partial charge is 0.0536 e. The molecule has 9 rings (SSSR count). The topological polar surface area (TPSA) is 6.48 Å². The Balaban J connectivity index is 1.00. The molecule has 0 atom stereocenters. The Bertz CT molecular complexity index is 2500. The van der Waals surface area contributed by atoms with Gasteiger partial charge in [0, 0.05) is 34.0 Å². The predicted octanol–water partition coefficient (Wildman–Crippen LogP) is 14.6. The molecule has 0 aromatic heterocycles. The van der Waals surface area contributed by atoms with Crippen molar-refractivity contribution in [1.82, 2.24) is 0 Å². The molecule has 8 aromatic carbocycles. The molecule has 0 unspecified atom stereocenters. The number of fused-ring (bicyclic) bond motifs is 1. The van der Waals surface area contributed by atoms with E-state index in [2.05, 4.69) is 228 Å². The monoisotopic (exact) mass is 692 g/mol. The first-order chi connectivity index (χ1) is 26.8. The van der Waals surface area contributed by atoms with Crippen LogP contribution in [0.5, 0.6) is 0 Å². The third-order valence-corrected chi connectivity index (χ3v) is 10.3. The summed E-state index contributed by atoms with van der Waals surface area (Å²) in [6.07, 6.45) is 6.76. The number of nitrogens with zero attached hydrogens (tertiary/aromatic N) is 2. The maximum absolute atomic E-state index is 2.38. The van der Waals surface area contributed by atoms with Gasteiger partial charge in [0.05, 0.1) is 5.69 Å². The van der Waals surface area contributed by atoms with Gasteiger partial charge in [-0.05, 0) is 125 Å². The molecule has 0 saturated carbocycles. The fourth-order valence-corrected chi connectivity index (χ4v) is 7.59. The molecule has 2 nitrogen and oxygen atoms in total. The van der Waals surface area contributed by atoms with E-state index in [0.717, 1.165) is 41.3 Å². The number of hydrogen-bond acceptors (Lipinski definition) is 2. The zero-order chi connectivity index (χ0) is 36.1. The molecule has 0 N–H and O–H groups in total. The van der Waals surface area contributed by atoms with E-state index in [-0.39, 0.29) is 0 Å². The average Bonchev–Trinajstić information content (AvgIpc) is 3.26. The van der Waals surface area contributed by atoms with Crippen molar-refractivity contribution < 1.29 is 0 Å². The molecule has 54 heavy (non-hydrogen) atoms. The van der Waals surface area contributed by atoms with Gasteiger partial charge < -0.3 is 9.80 Å². The van der Waals surface area contributed by atoms with Crippen LogP contribution >= 0.6 is 0 Å². The second-order valence-electron chi connectivity index (χ2n) is 13.7. The Hall–Kier alpha value is -6.90. The van der Waals surface area contributed by atoms with E-state index in [1.807, 2.05) is 0 Å². The van der Waals surface area contributed by atoms with Crippen molar-refractivity contribution in [2.75, 3.05) is 9.80 Å². The summed E-state index contributed by atoms with van der Waals surface area (Å²) < 4.78 is 0. The highest BCUT2D eigenvalue weighted by atomic mass is 15.1. The number of anilines is 6. The molecule has 0 bridgehead atoms. The normalized spacial score (nSPS) is 11.9. The van der Waals surface area contributed by atoms with Gasteiger partial charge in [-0.1, -0.05) is 146 Å². The van der Waals surface area contributed by atoms with Crippen molar-refractivity contribution in [2.24, 2.45) is 0 Å². The summed E-state index contributed by atoms with van der Waals surface area (Å²) in [6.45, 7) is 0. The van der Waals surface area contributed by atoms with E-state index in [9.17, 15) is 0 Å². The highest BCUT2D eigenvalue weighted by molar-refractivity contribution is 5.85. The lowest BCUT2D eigenvalue weighted by Crippen LogP contribution is -2.12. The predicted molar refractivity (Wildman–Crippen MR) is 229 cm³/mol. The maximum atomic E-state index is 2.38. The van der Waals surface area contributed by atoms with Gasteiger partial charge in [0.2, 0.25) is 0 Å². The van der Waals surface area contributed by atoms with Crippen LogP contribution in [0.25, 0.3) is 39.5 Å². The Morgan fingerprint density at radius 1 is 0.315 bits per heavy atom. The third-order valence-electron chi connectivity index (χ3n) is 10.3. The van der Waals surface area contributed by atoms with Gasteiger partial charge >= 0.3 is 0 Å². The van der Waals surface area contributed by atoms with Gasteiger partial charge in [0.15, 0.2) is 0 Å². The van der Waals surface area contributed by atoms with Crippen LogP contribution in [0.2, 0.25) is 0 Å². The highest BCUT2D eigenvalue weighted by Crippen LogP contribution is 2.41. The van der Waals surface area contributed by atoms with Crippen LogP contribution in [0, 0.1) is 0 Å². The number of para-hydroxylation sites is 2. The number of allylic oxidation sites excluding steroid dienone is 1. The van der Waals surface area contributed by atoms with E-state index in [4.69, 9.17) is 0 Å². The number of aryl methyl sites for hydroxylation is 1. The minimum atomic E-state index is 1.08. The minimum absolute atomic E-state index is 1.08. The fraction of sp³-hybridized carbons (Fsp3) is 0.0385. The van der Waals surface area contributed by atoms with Crippen LogP contribution in [-0.2, 0) is 6.42 Å². The first-order valence-corrected chi connectivity index (χ1v) is 18.7. The van der Waals surface area contributed by atoms with Gasteiger partial charge in [0.1, 0.15) is 0 Å². The van der Waals surface area contributed by atoms with Crippen LogP contribution < -0.4 is 9.80 Å². The molecule has 2 heteroatoms. The first-order valence-electron chi connectivity index (χ1n) is 18.7. The summed E-state index contributed by atoms with van der Waals surface area (Å²) in [5.74, 6) is 0. The highest BCUT2D eigenvalue weighted by Gasteiger charge is 2.19. The van der Waals surface area contributed by atoms with E-state index >= 15 is 0 Å². The Morgan fingerprint density at radius 3 is 1.28 bits per heavy atom. The van der Waals surface area contributed by atoms with Crippen molar-refractivity contribution in [3.05, 3.63) is 223 Å². The van der Waals surface area contributed by atoms with E-state index in [0.29, 0.717) is 0 Å². The summed E-state index contributed by atoms with van der Waals surface area (Å²) in [4.78, 5) is 4.70. The lowest BCUT2D eigenvalue weighted by molar-refractivity contribution is 0.984. The Labute approximate surface area is 318 Å². The summed E-state index contributed by atoms with van der Waals surface area (Å²) >= 11 is 0. The van der Waals surface area contributed by atoms with Gasteiger partial charge in [0.25, 0.3) is 0 Å². The summed E-state index contributed by atoms with van der Waals surface area (Å²) in [6, 6.07) is 74.1. The van der Waals surface area contributed by atoms with Crippen LogP contribution in [0.4, 0.5) is 34.1 Å². The van der Waals surface area contributed by atoms with Crippen LogP contribution in [0.3, 0.4) is 0 Å². The van der Waals surface area contributed by atoms with E-state index < -0.39 is 0 Å². The number of hydrogen-bond donors (Lipinski definition) is 0. The van der Waals surface area contributed by atoms with Crippen molar-refractivity contribution >= 4 is 40.2 Å². The standard InChI is InChI=1S/C52H40N2/c1-4-14-39(15-5-1)40-26-32-48(33-27-40)53(46-20-6-2-7-21-46)49-34-28-41(29-35-49)44-18-12-19-45(38-44)42-30-36-50(37-31-42)54(47-22-8-3-9-23-47)52-25-13-17-43-16-10-11-24-51(43)52/h1-9,11-15,17-38H,10,16H2. The molecule has 1 aliphatic rings. The Kier molecular flexibility index (Phi) is 9.15. The second kappa shape index (κ2) is 15.0. The van der Waals surface area contributed by atoms with Gasteiger partial charge in [-0.2, -0.15) is 0 Å². The van der Waals surface area contributed by atoms with Gasteiger partial charge in [-0.25, -0.2) is 0 Å². The summed E-state index contributed by atoms with van der Waals surface area (Å²) in [5.41, 5.74) is 16.8. The van der Waals surface area contributed by atoms with E-state index in [1.165, 1.54) is 50.2 Å². The summed E-state index contributed by atoms with van der Waals surface area (Å²) in [5, 5.41) is 0. The van der Waals surface area contributed by atoms with E-state index in [1.54, 1.807) is 0 Å². The largest absolute Gasteiger partial charge is 0.311 e. The zero-order valence-electron chi connectivity index (χ0n) is 30.1. The SMILES string of the molecule is C1=Cc2c(cccc2N(c2ccccc2)c2ccc(-c3cccc(-c4ccc(N(c5ccccc5)c5ccc(-c6ccccc6)cc5)cc4)c3)cc2)CC1. The molecule has 0 radical (unpaired) electrons. The third kappa shape index (κ3) is 6.74. The molecule has 8 aromatic rings. The molecule has 0 saturated heterocycles. The van der Waals surface area contributed by atoms with Crippen LogP contribution in [0.1, 0.15) is 17.5 Å². The van der Waals surface area contributed by atoms with Crippen molar-refractivity contribution in [3.8, 4) is 33.4 Å². The number of rotatable bonds is 9. The molecule has 0 aliphatic heterocycles. The van der Waals surface area contributed by atoms with Crippen LogP contribution in [-0.4, -0.2) is 0 Å². The molecule has 0 fully saturated rings. The lowest BCUT2D eigenvalue weighted by Gasteiger charge is -2.29. The van der Waals surface area contributed by atoms with Crippen LogP contribution in [0.15, 0.2) is 212 Å².